The fourth-order valence-electron chi connectivity index (χ4n) is 1.30. The number of hydrogen-bond donors (Lipinski definition) is 0. The first-order valence-electron chi connectivity index (χ1n) is 4.61. The molecule has 0 fully saturated rings. The molecule has 0 aromatic carbocycles. The maximum absolute atomic E-state index is 12.9. The third kappa shape index (κ3) is 2.55. The van der Waals surface area contributed by atoms with Crippen molar-refractivity contribution in [1.29, 1.82) is 0 Å². The summed E-state index contributed by atoms with van der Waals surface area (Å²) >= 11 is 3.27. The number of rotatable bonds is 2. The first kappa shape index (κ1) is 11.0. The molecule has 3 nitrogen and oxygen atoms in total. The maximum Gasteiger partial charge on any atom is 0.251 e. The smallest absolute Gasteiger partial charge is 0.251 e. The highest BCUT2D eigenvalue weighted by Crippen LogP contribution is 2.08. The van der Waals surface area contributed by atoms with Crippen molar-refractivity contribution in [3.63, 3.8) is 0 Å². The molecule has 2 heterocycles. The summed E-state index contributed by atoms with van der Waals surface area (Å²) in [5.74, 6) is -0.434. The number of aromatic nitrogens is 2. The van der Waals surface area contributed by atoms with Crippen molar-refractivity contribution in [2.75, 3.05) is 0 Å². The summed E-state index contributed by atoms with van der Waals surface area (Å²) in [4.78, 5) is 15.5. The van der Waals surface area contributed by atoms with E-state index >= 15 is 0 Å². The Kier molecular flexibility index (Phi) is 3.14. The predicted molar refractivity (Wildman–Crippen MR) is 61.7 cm³/mol. The molecular formula is C11H8BrFN2O. The van der Waals surface area contributed by atoms with Gasteiger partial charge in [-0.3, -0.25) is 9.78 Å². The van der Waals surface area contributed by atoms with Gasteiger partial charge in [-0.1, -0.05) is 0 Å². The average molecular weight is 283 g/mol. The largest absolute Gasteiger partial charge is 0.307 e. The lowest BCUT2D eigenvalue weighted by molar-refractivity contribution is 0.593. The SMILES string of the molecule is O=c1ccc(F)cn1Cc1ccc(Br)cn1. The lowest BCUT2D eigenvalue weighted by atomic mass is 10.3. The Morgan fingerprint density at radius 2 is 2.12 bits per heavy atom. The Balaban J connectivity index is 2.30. The molecule has 0 radical (unpaired) electrons. The lowest BCUT2D eigenvalue weighted by Gasteiger charge is -2.04. The van der Waals surface area contributed by atoms with E-state index in [1.165, 1.54) is 16.8 Å². The second-order valence-corrected chi connectivity index (χ2v) is 4.20. The number of pyridine rings is 2. The Morgan fingerprint density at radius 3 is 2.81 bits per heavy atom. The predicted octanol–water partition coefficient (Wildman–Crippen LogP) is 2.19. The van der Waals surface area contributed by atoms with Crippen LogP contribution in [0.15, 0.2) is 45.9 Å². The molecule has 0 amide bonds. The summed E-state index contributed by atoms with van der Waals surface area (Å²) in [5.41, 5.74) is 0.460. The van der Waals surface area contributed by atoms with Crippen LogP contribution in [-0.4, -0.2) is 9.55 Å². The summed E-state index contributed by atoms with van der Waals surface area (Å²) in [7, 11) is 0. The van der Waals surface area contributed by atoms with Gasteiger partial charge < -0.3 is 4.57 Å². The van der Waals surface area contributed by atoms with E-state index in [-0.39, 0.29) is 12.1 Å². The van der Waals surface area contributed by atoms with E-state index in [0.29, 0.717) is 5.69 Å². The summed E-state index contributed by atoms with van der Waals surface area (Å²) in [5, 5.41) is 0. The van der Waals surface area contributed by atoms with E-state index < -0.39 is 5.82 Å². The number of halogens is 2. The van der Waals surface area contributed by atoms with Crippen LogP contribution in [0, 0.1) is 5.82 Å². The highest BCUT2D eigenvalue weighted by Gasteiger charge is 2.00. The van der Waals surface area contributed by atoms with Crippen molar-refractivity contribution >= 4 is 15.9 Å². The molecule has 82 valence electrons. The van der Waals surface area contributed by atoms with Gasteiger partial charge in [-0.2, -0.15) is 0 Å². The average Bonchev–Trinajstić information content (AvgIpc) is 2.27. The van der Waals surface area contributed by atoms with Crippen LogP contribution < -0.4 is 5.56 Å². The molecule has 0 saturated heterocycles. The Hall–Kier alpha value is -1.49. The molecule has 2 aromatic rings. The molecule has 2 rings (SSSR count). The van der Waals surface area contributed by atoms with Crippen LogP contribution in [0.5, 0.6) is 0 Å². The molecule has 0 saturated carbocycles. The van der Waals surface area contributed by atoms with Gasteiger partial charge in [-0.15, -0.1) is 0 Å². The summed E-state index contributed by atoms with van der Waals surface area (Å²) in [6.45, 7) is 0.268. The second kappa shape index (κ2) is 4.57. The summed E-state index contributed by atoms with van der Waals surface area (Å²) in [6, 6.07) is 5.95. The minimum Gasteiger partial charge on any atom is -0.307 e. The molecule has 16 heavy (non-hydrogen) atoms. The summed E-state index contributed by atoms with van der Waals surface area (Å²) in [6.07, 6.45) is 2.81. The highest BCUT2D eigenvalue weighted by atomic mass is 79.9. The van der Waals surface area contributed by atoms with Gasteiger partial charge in [0.2, 0.25) is 0 Å². The summed E-state index contributed by atoms with van der Waals surface area (Å²) < 4.78 is 15.1. The van der Waals surface area contributed by atoms with Crippen LogP contribution in [0.3, 0.4) is 0 Å². The van der Waals surface area contributed by atoms with Crippen molar-refractivity contribution < 1.29 is 4.39 Å². The minimum atomic E-state index is -0.434. The van der Waals surface area contributed by atoms with Crippen LogP contribution in [0.1, 0.15) is 5.69 Å². The second-order valence-electron chi connectivity index (χ2n) is 3.28. The maximum atomic E-state index is 12.9. The fraction of sp³-hybridized carbons (Fsp3) is 0.0909. The minimum absolute atomic E-state index is 0.244. The van der Waals surface area contributed by atoms with Gasteiger partial charge in [0.05, 0.1) is 12.2 Å². The van der Waals surface area contributed by atoms with Gasteiger partial charge in [-0.25, -0.2) is 4.39 Å². The van der Waals surface area contributed by atoms with Crippen LogP contribution in [0.25, 0.3) is 0 Å². The molecule has 2 aromatic heterocycles. The third-order valence-electron chi connectivity index (χ3n) is 2.07. The highest BCUT2D eigenvalue weighted by molar-refractivity contribution is 9.10. The first-order chi connectivity index (χ1) is 7.65. The van der Waals surface area contributed by atoms with E-state index in [2.05, 4.69) is 20.9 Å². The van der Waals surface area contributed by atoms with E-state index in [9.17, 15) is 9.18 Å². The van der Waals surface area contributed by atoms with E-state index in [1.807, 2.05) is 6.07 Å². The van der Waals surface area contributed by atoms with Crippen molar-refractivity contribution in [3.05, 3.63) is 63.0 Å². The zero-order chi connectivity index (χ0) is 11.5. The van der Waals surface area contributed by atoms with Gasteiger partial charge in [0, 0.05) is 22.9 Å². The molecule has 0 aliphatic rings. The standard InChI is InChI=1S/C11H8BrFN2O/c12-8-1-3-10(14-5-8)7-15-6-9(13)2-4-11(15)16/h1-6H,7H2. The molecule has 0 aliphatic carbocycles. The Labute approximate surface area is 99.7 Å². The zero-order valence-electron chi connectivity index (χ0n) is 8.23. The van der Waals surface area contributed by atoms with E-state index in [4.69, 9.17) is 0 Å². The van der Waals surface area contributed by atoms with Gasteiger partial charge in [0.1, 0.15) is 5.82 Å². The van der Waals surface area contributed by atoms with E-state index in [0.717, 1.165) is 10.5 Å². The van der Waals surface area contributed by atoms with Crippen LogP contribution in [0.4, 0.5) is 4.39 Å². The zero-order valence-corrected chi connectivity index (χ0v) is 9.82. The van der Waals surface area contributed by atoms with Gasteiger partial charge in [0.15, 0.2) is 0 Å². The third-order valence-corrected chi connectivity index (χ3v) is 2.54. The Morgan fingerprint density at radius 1 is 1.31 bits per heavy atom. The molecule has 5 heteroatoms. The molecular weight excluding hydrogens is 275 g/mol. The van der Waals surface area contributed by atoms with Crippen molar-refractivity contribution in [1.82, 2.24) is 9.55 Å². The molecule has 0 spiro atoms. The molecule has 0 unspecified atom stereocenters. The van der Waals surface area contributed by atoms with Crippen molar-refractivity contribution in [2.45, 2.75) is 6.54 Å². The van der Waals surface area contributed by atoms with Crippen LogP contribution in [0.2, 0.25) is 0 Å². The quantitative estimate of drug-likeness (QED) is 0.846. The fourth-order valence-corrected chi connectivity index (χ4v) is 1.53. The Bertz CT molecular complexity index is 551. The number of hydrogen-bond acceptors (Lipinski definition) is 2. The number of nitrogens with zero attached hydrogens (tertiary/aromatic N) is 2. The molecule has 0 aliphatic heterocycles. The van der Waals surface area contributed by atoms with Crippen molar-refractivity contribution in [3.8, 4) is 0 Å². The van der Waals surface area contributed by atoms with Gasteiger partial charge in [0.25, 0.3) is 5.56 Å². The van der Waals surface area contributed by atoms with Gasteiger partial charge in [-0.05, 0) is 34.1 Å². The lowest BCUT2D eigenvalue weighted by Crippen LogP contribution is -2.19. The topological polar surface area (TPSA) is 34.9 Å². The van der Waals surface area contributed by atoms with Gasteiger partial charge >= 0.3 is 0 Å². The molecule has 0 N–H and O–H groups in total. The van der Waals surface area contributed by atoms with Crippen molar-refractivity contribution in [2.24, 2.45) is 0 Å². The molecule has 0 atom stereocenters. The van der Waals surface area contributed by atoms with Crippen LogP contribution >= 0.6 is 15.9 Å². The molecule has 0 bridgehead atoms. The van der Waals surface area contributed by atoms with E-state index in [1.54, 1.807) is 12.3 Å². The van der Waals surface area contributed by atoms with Crippen LogP contribution in [-0.2, 0) is 6.54 Å². The monoisotopic (exact) mass is 282 g/mol. The first-order valence-corrected chi connectivity index (χ1v) is 5.41. The normalized spacial score (nSPS) is 10.4.